The van der Waals surface area contributed by atoms with Crippen molar-refractivity contribution >= 4 is 29.4 Å². The molecule has 1 aromatic rings. The van der Waals surface area contributed by atoms with Crippen molar-refractivity contribution in [3.05, 3.63) is 35.9 Å². The van der Waals surface area contributed by atoms with Crippen LogP contribution in [0.15, 0.2) is 30.3 Å². The maximum Gasteiger partial charge on any atom is 0.242 e. The molecular formula is C36H59N5O7. The average molecular weight is 674 g/mol. The predicted molar refractivity (Wildman–Crippen MR) is 185 cm³/mol. The Kier molecular flexibility index (Phi) is 16.7. The summed E-state index contributed by atoms with van der Waals surface area (Å²) in [5.74, 6) is -1.78. The van der Waals surface area contributed by atoms with Gasteiger partial charge in [-0.05, 0) is 37.9 Å². The van der Waals surface area contributed by atoms with Crippen molar-refractivity contribution < 1.29 is 33.4 Å². The number of nitrogens with one attached hydrogen (secondary N) is 2. The largest absolute Gasteiger partial charge is 0.379 e. The van der Waals surface area contributed by atoms with E-state index in [1.807, 2.05) is 77.0 Å². The minimum absolute atomic E-state index is 0.0417. The molecule has 1 saturated heterocycles. The number of ether oxygens (including phenoxy) is 2. The summed E-state index contributed by atoms with van der Waals surface area (Å²) in [7, 11) is 8.31. The van der Waals surface area contributed by atoms with Crippen LogP contribution >= 0.6 is 0 Å². The normalized spacial score (nSPS) is 18.6. The van der Waals surface area contributed by atoms with Gasteiger partial charge in [0.1, 0.15) is 0 Å². The molecule has 1 aliphatic heterocycles. The summed E-state index contributed by atoms with van der Waals surface area (Å²) in [5.41, 5.74) is 1.11. The molecule has 6 unspecified atom stereocenters. The molecule has 2 rings (SSSR count). The van der Waals surface area contributed by atoms with Gasteiger partial charge in [0, 0.05) is 34.2 Å². The number of nitrogens with zero attached hydrogens (tertiary/aromatic N) is 3. The summed E-state index contributed by atoms with van der Waals surface area (Å²) in [6.45, 7) is 9.82. The summed E-state index contributed by atoms with van der Waals surface area (Å²) in [6, 6.07) is 8.36. The highest BCUT2D eigenvalue weighted by molar-refractivity contribution is 5.91. The van der Waals surface area contributed by atoms with E-state index < -0.39 is 30.2 Å². The summed E-state index contributed by atoms with van der Waals surface area (Å²) in [5, 5.41) is 5.74. The van der Waals surface area contributed by atoms with Crippen LogP contribution in [0.3, 0.4) is 0 Å². The van der Waals surface area contributed by atoms with Gasteiger partial charge in [0.2, 0.25) is 23.6 Å². The number of hydrogen-bond donors (Lipinski definition) is 2. The Morgan fingerprint density at radius 2 is 1.60 bits per heavy atom. The number of Topliss-reactive ketones (excluding diaryl/α,β-unsaturated/α-hetero) is 1. The van der Waals surface area contributed by atoms with Gasteiger partial charge >= 0.3 is 0 Å². The lowest BCUT2D eigenvalue weighted by atomic mass is 9.90. The van der Waals surface area contributed by atoms with Crippen molar-refractivity contribution in [2.45, 2.75) is 90.6 Å². The molecule has 7 atom stereocenters. The highest BCUT2D eigenvalue weighted by atomic mass is 16.5. The van der Waals surface area contributed by atoms with Gasteiger partial charge in [0.15, 0.2) is 5.78 Å². The van der Waals surface area contributed by atoms with Crippen LogP contribution in [0.4, 0.5) is 0 Å². The minimum atomic E-state index is -0.701. The Labute approximate surface area is 287 Å². The monoisotopic (exact) mass is 673 g/mol. The van der Waals surface area contributed by atoms with Crippen LogP contribution in [0, 0.1) is 17.8 Å². The van der Waals surface area contributed by atoms with E-state index in [0.717, 1.165) is 5.56 Å². The van der Waals surface area contributed by atoms with Gasteiger partial charge < -0.3 is 29.9 Å². The number of likely N-dealkylation sites (tertiary alicyclic amines) is 1. The third kappa shape index (κ3) is 11.1. The first-order chi connectivity index (χ1) is 22.7. The summed E-state index contributed by atoms with van der Waals surface area (Å²) in [6.07, 6.45) is 0.0134. The fraction of sp³-hybridized carbons (Fsp3) is 0.694. The number of hydrogen-bond acceptors (Lipinski definition) is 8. The Bertz CT molecular complexity index is 1200. The van der Waals surface area contributed by atoms with Gasteiger partial charge in [-0.2, -0.15) is 0 Å². The van der Waals surface area contributed by atoms with Crippen LogP contribution in [0.25, 0.3) is 0 Å². The molecule has 0 saturated carbocycles. The van der Waals surface area contributed by atoms with E-state index in [1.54, 1.807) is 18.9 Å². The molecule has 12 heteroatoms. The van der Waals surface area contributed by atoms with E-state index in [4.69, 9.17) is 9.47 Å². The Hall–Kier alpha value is -3.35. The maximum absolute atomic E-state index is 13.9. The number of rotatable bonds is 19. The fourth-order valence-corrected chi connectivity index (χ4v) is 6.82. The van der Waals surface area contributed by atoms with Crippen LogP contribution in [0.2, 0.25) is 0 Å². The molecule has 2 N–H and O–H groups in total. The van der Waals surface area contributed by atoms with Crippen molar-refractivity contribution in [3.8, 4) is 0 Å². The van der Waals surface area contributed by atoms with Crippen LogP contribution in [-0.4, -0.2) is 129 Å². The maximum atomic E-state index is 13.9. The van der Waals surface area contributed by atoms with E-state index in [0.29, 0.717) is 19.4 Å². The number of amides is 4. The number of carbonyl (C=O) groups is 5. The molecule has 48 heavy (non-hydrogen) atoms. The van der Waals surface area contributed by atoms with E-state index in [-0.39, 0.29) is 73.2 Å². The number of benzene rings is 1. The van der Waals surface area contributed by atoms with Crippen molar-refractivity contribution in [3.63, 3.8) is 0 Å². The van der Waals surface area contributed by atoms with Crippen molar-refractivity contribution in [2.24, 2.45) is 17.8 Å². The molecule has 0 aromatic heterocycles. The second-order valence-corrected chi connectivity index (χ2v) is 13.6. The summed E-state index contributed by atoms with van der Waals surface area (Å²) < 4.78 is 11.6. The Morgan fingerprint density at radius 3 is 2.15 bits per heavy atom. The second kappa shape index (κ2) is 19.6. The zero-order chi connectivity index (χ0) is 36.1. The topological polar surface area (TPSA) is 138 Å². The van der Waals surface area contributed by atoms with Crippen LogP contribution in [0.1, 0.15) is 59.4 Å². The van der Waals surface area contributed by atoms with Gasteiger partial charge in [-0.3, -0.25) is 28.9 Å². The quantitative estimate of drug-likeness (QED) is 0.228. The highest BCUT2D eigenvalue weighted by Crippen LogP contribution is 2.28. The zero-order valence-electron chi connectivity index (χ0n) is 30.7. The van der Waals surface area contributed by atoms with E-state index in [1.165, 1.54) is 19.1 Å². The lowest BCUT2D eigenvalue weighted by molar-refractivity contribution is -0.146. The molecule has 0 bridgehead atoms. The number of likely N-dealkylation sites (N-methyl/N-ethyl adjacent to an activating group) is 2. The Morgan fingerprint density at radius 1 is 0.958 bits per heavy atom. The molecule has 0 radical (unpaired) electrons. The Balaban J connectivity index is 2.15. The van der Waals surface area contributed by atoms with Crippen molar-refractivity contribution in [2.75, 3.05) is 55.0 Å². The molecule has 0 spiro atoms. The molecule has 270 valence electrons. The van der Waals surface area contributed by atoms with E-state index in [9.17, 15) is 24.0 Å². The highest BCUT2D eigenvalue weighted by Gasteiger charge is 2.44. The van der Waals surface area contributed by atoms with Crippen molar-refractivity contribution in [1.29, 1.82) is 0 Å². The van der Waals surface area contributed by atoms with Crippen molar-refractivity contribution in [1.82, 2.24) is 25.3 Å². The molecule has 0 aliphatic carbocycles. The lowest BCUT2D eigenvalue weighted by Crippen LogP contribution is -2.55. The van der Waals surface area contributed by atoms with Crippen LogP contribution in [-0.2, 0) is 39.9 Å². The van der Waals surface area contributed by atoms with E-state index >= 15 is 0 Å². The third-order valence-electron chi connectivity index (χ3n) is 9.62. The van der Waals surface area contributed by atoms with Gasteiger partial charge in [0.05, 0.1) is 55.8 Å². The number of carbonyl (C=O) groups excluding carboxylic acids is 5. The second-order valence-electron chi connectivity index (χ2n) is 13.6. The number of ketones is 1. The zero-order valence-corrected chi connectivity index (χ0v) is 30.7. The fourth-order valence-electron chi connectivity index (χ4n) is 6.82. The van der Waals surface area contributed by atoms with Gasteiger partial charge in [-0.15, -0.1) is 0 Å². The summed E-state index contributed by atoms with van der Waals surface area (Å²) in [4.78, 5) is 70.9. The summed E-state index contributed by atoms with van der Waals surface area (Å²) >= 11 is 0. The smallest absolute Gasteiger partial charge is 0.242 e. The van der Waals surface area contributed by atoms with Gasteiger partial charge in [-0.1, -0.05) is 71.4 Å². The standard InChI is InChI=1S/C36H59N5O7/c1-11-24(4)33(40(8)31(44)21-38-36(46)32(23(2)3)39(6)7)29(47-9)20-30(43)41-22-27(42)19-28(41)34(48-10)25(5)35(45)37-18-17-26-15-13-12-14-16-26/h12-16,23-25,28-29,32-34H,11,17-22H2,1-10H3,(H,37,45)(H,38,46)/t24-,25?,28?,29?,32?,33?,34?/m0/s1. The van der Waals surface area contributed by atoms with Gasteiger partial charge in [-0.25, -0.2) is 0 Å². The molecule has 1 aliphatic rings. The molecule has 12 nitrogen and oxygen atoms in total. The first-order valence-corrected chi connectivity index (χ1v) is 17.1. The average Bonchev–Trinajstić information content (AvgIpc) is 3.44. The van der Waals surface area contributed by atoms with Crippen LogP contribution < -0.4 is 10.6 Å². The molecule has 1 fully saturated rings. The van der Waals surface area contributed by atoms with Gasteiger partial charge in [0.25, 0.3) is 0 Å². The first kappa shape index (κ1) is 40.8. The molecule has 1 heterocycles. The minimum Gasteiger partial charge on any atom is -0.379 e. The van der Waals surface area contributed by atoms with E-state index in [2.05, 4.69) is 10.6 Å². The molecule has 4 amide bonds. The SMILES string of the molecule is CC[C@H](C)C(C(CC(=O)N1CC(=O)CC1C(OC)C(C)C(=O)NCCc1ccccc1)OC)N(C)C(=O)CNC(=O)C(C(C)C)N(C)C. The lowest BCUT2D eigenvalue weighted by Gasteiger charge is -2.39. The number of methoxy groups -OCH3 is 2. The predicted octanol–water partition coefficient (Wildman–Crippen LogP) is 2.15. The van der Waals surface area contributed by atoms with Crippen LogP contribution in [0.5, 0.6) is 0 Å². The third-order valence-corrected chi connectivity index (χ3v) is 9.62. The first-order valence-electron chi connectivity index (χ1n) is 17.1. The molecular weight excluding hydrogens is 614 g/mol. The molecule has 1 aromatic carbocycles.